The summed E-state index contributed by atoms with van der Waals surface area (Å²) in [6, 6.07) is 10.1. The van der Waals surface area contributed by atoms with Crippen molar-refractivity contribution in [1.29, 1.82) is 0 Å². The van der Waals surface area contributed by atoms with E-state index in [9.17, 15) is 0 Å². The van der Waals surface area contributed by atoms with Crippen molar-refractivity contribution >= 4 is 33.3 Å². The molecule has 120 valence electrons. The summed E-state index contributed by atoms with van der Waals surface area (Å²) in [7, 11) is 1.66. The van der Waals surface area contributed by atoms with Crippen molar-refractivity contribution in [3.05, 3.63) is 40.8 Å². The predicted octanol–water partition coefficient (Wildman–Crippen LogP) is 4.02. The van der Waals surface area contributed by atoms with E-state index in [1.807, 2.05) is 24.3 Å². The maximum Gasteiger partial charge on any atom is 0.222 e. The highest BCUT2D eigenvalue weighted by molar-refractivity contribution is 7.19. The van der Waals surface area contributed by atoms with E-state index in [0.717, 1.165) is 27.3 Å². The summed E-state index contributed by atoms with van der Waals surface area (Å²) in [5.41, 5.74) is 7.90. The van der Waals surface area contributed by atoms with Crippen molar-refractivity contribution in [2.45, 2.75) is 26.3 Å². The molecule has 0 bridgehead atoms. The Morgan fingerprint density at radius 3 is 2.61 bits per heavy atom. The normalized spacial score (nSPS) is 11.1. The number of aromatic nitrogens is 2. The van der Waals surface area contributed by atoms with Gasteiger partial charge in [0, 0.05) is 11.4 Å². The highest BCUT2D eigenvalue weighted by atomic mass is 32.1. The number of nitrogens with two attached hydrogens (primary N) is 1. The molecule has 2 aromatic heterocycles. The van der Waals surface area contributed by atoms with Crippen molar-refractivity contribution < 1.29 is 4.74 Å². The van der Waals surface area contributed by atoms with Crippen molar-refractivity contribution in [3.63, 3.8) is 0 Å². The molecule has 2 heterocycles. The van der Waals surface area contributed by atoms with Gasteiger partial charge in [0.1, 0.15) is 11.6 Å². The first-order valence-electron chi connectivity index (χ1n) is 7.50. The number of benzene rings is 1. The van der Waals surface area contributed by atoms with Gasteiger partial charge in [-0.25, -0.2) is 4.98 Å². The lowest BCUT2D eigenvalue weighted by atomic mass is 10.2. The van der Waals surface area contributed by atoms with Gasteiger partial charge in [-0.2, -0.15) is 4.98 Å². The summed E-state index contributed by atoms with van der Waals surface area (Å²) in [6.45, 7) is 5.02. The molecule has 0 fully saturated rings. The maximum absolute atomic E-state index is 5.84. The number of hydrogen-bond acceptors (Lipinski definition) is 6. The molecule has 0 radical (unpaired) electrons. The molecule has 0 spiro atoms. The first-order valence-corrected chi connectivity index (χ1v) is 8.32. The van der Waals surface area contributed by atoms with Gasteiger partial charge < -0.3 is 15.8 Å². The number of ether oxygens (including phenoxy) is 1. The molecule has 0 aliphatic heterocycles. The van der Waals surface area contributed by atoms with Gasteiger partial charge in [-0.1, -0.05) is 26.0 Å². The number of nitrogens with one attached hydrogen (secondary N) is 1. The molecular formula is C17H20N4OS. The molecule has 0 unspecified atom stereocenters. The first kappa shape index (κ1) is 15.6. The molecule has 3 N–H and O–H groups in total. The van der Waals surface area contributed by atoms with Crippen LogP contribution in [0.25, 0.3) is 10.2 Å². The fourth-order valence-corrected chi connectivity index (χ4v) is 3.37. The third-order valence-corrected chi connectivity index (χ3v) is 5.03. The van der Waals surface area contributed by atoms with E-state index in [1.54, 1.807) is 18.4 Å². The van der Waals surface area contributed by atoms with E-state index < -0.39 is 0 Å². The molecule has 23 heavy (non-hydrogen) atoms. The molecule has 3 rings (SSSR count). The molecule has 0 atom stereocenters. The number of fused-ring (bicyclic) bond motifs is 1. The molecule has 1 aromatic carbocycles. The monoisotopic (exact) mass is 328 g/mol. The Kier molecular flexibility index (Phi) is 4.34. The van der Waals surface area contributed by atoms with Gasteiger partial charge >= 0.3 is 0 Å². The van der Waals surface area contributed by atoms with Crippen molar-refractivity contribution in [1.82, 2.24) is 9.97 Å². The summed E-state index contributed by atoms with van der Waals surface area (Å²) in [4.78, 5) is 9.99. The van der Waals surface area contributed by atoms with Crippen molar-refractivity contribution in [2.75, 3.05) is 18.2 Å². The Hall–Kier alpha value is -2.34. The predicted molar refractivity (Wildman–Crippen MR) is 96.2 cm³/mol. The van der Waals surface area contributed by atoms with Gasteiger partial charge in [0.2, 0.25) is 5.95 Å². The van der Waals surface area contributed by atoms with Crippen LogP contribution in [0.2, 0.25) is 0 Å². The average molecular weight is 328 g/mol. The van der Waals surface area contributed by atoms with Gasteiger partial charge in [0.15, 0.2) is 0 Å². The minimum Gasteiger partial charge on any atom is -0.497 e. The lowest BCUT2D eigenvalue weighted by Gasteiger charge is -2.08. The number of rotatable bonds is 5. The second-order valence-corrected chi connectivity index (χ2v) is 6.73. The summed E-state index contributed by atoms with van der Waals surface area (Å²) < 4.78 is 6.23. The molecule has 6 heteroatoms. The average Bonchev–Trinajstić information content (AvgIpc) is 2.97. The molecule has 3 aromatic rings. The van der Waals surface area contributed by atoms with Crippen LogP contribution in [-0.4, -0.2) is 17.1 Å². The van der Waals surface area contributed by atoms with E-state index in [1.165, 1.54) is 4.88 Å². The number of hydrogen-bond donors (Lipinski definition) is 2. The van der Waals surface area contributed by atoms with Crippen LogP contribution in [0.4, 0.5) is 11.8 Å². The van der Waals surface area contributed by atoms with E-state index in [4.69, 9.17) is 10.5 Å². The largest absolute Gasteiger partial charge is 0.497 e. The minimum absolute atomic E-state index is 0.294. The second-order valence-electron chi connectivity index (χ2n) is 5.65. The van der Waals surface area contributed by atoms with Crippen LogP contribution < -0.4 is 15.8 Å². The summed E-state index contributed by atoms with van der Waals surface area (Å²) in [6.07, 6.45) is 0. The third-order valence-electron chi connectivity index (χ3n) is 3.60. The lowest BCUT2D eigenvalue weighted by molar-refractivity contribution is 0.414. The fraction of sp³-hybridized carbons (Fsp3) is 0.294. The second kappa shape index (κ2) is 6.42. The van der Waals surface area contributed by atoms with Crippen LogP contribution in [0.3, 0.4) is 0 Å². The van der Waals surface area contributed by atoms with Crippen LogP contribution in [0.15, 0.2) is 30.3 Å². The van der Waals surface area contributed by atoms with Gasteiger partial charge in [0.25, 0.3) is 0 Å². The standard InChI is InChI=1S/C17H20N4OS/c1-10(2)14-8-13-15(23-14)16(21-17(18)20-13)19-9-11-4-6-12(22-3)7-5-11/h4-8,10H,9H2,1-3H3,(H3,18,19,20,21). The number of nitrogens with zero attached hydrogens (tertiary/aromatic N) is 2. The Balaban J connectivity index is 1.86. The third kappa shape index (κ3) is 3.37. The Bertz CT molecular complexity index is 811. The molecular weight excluding hydrogens is 308 g/mol. The van der Waals surface area contributed by atoms with E-state index in [-0.39, 0.29) is 0 Å². The van der Waals surface area contributed by atoms with Crippen molar-refractivity contribution in [2.24, 2.45) is 0 Å². The first-order chi connectivity index (χ1) is 11.1. The molecule has 5 nitrogen and oxygen atoms in total. The van der Waals surface area contributed by atoms with Crippen LogP contribution in [0.5, 0.6) is 5.75 Å². The molecule has 0 aliphatic carbocycles. The van der Waals surface area contributed by atoms with Crippen LogP contribution in [0.1, 0.15) is 30.2 Å². The van der Waals surface area contributed by atoms with Crippen LogP contribution >= 0.6 is 11.3 Å². The lowest BCUT2D eigenvalue weighted by Crippen LogP contribution is -2.04. The van der Waals surface area contributed by atoms with Crippen LogP contribution in [0, 0.1) is 0 Å². The highest BCUT2D eigenvalue weighted by Gasteiger charge is 2.12. The molecule has 0 amide bonds. The zero-order chi connectivity index (χ0) is 16.4. The Labute approximate surface area is 139 Å². The Morgan fingerprint density at radius 2 is 1.96 bits per heavy atom. The SMILES string of the molecule is COc1ccc(CNc2nc(N)nc3cc(C(C)C)sc23)cc1. The topological polar surface area (TPSA) is 73.1 Å². The zero-order valence-corrected chi connectivity index (χ0v) is 14.3. The fourth-order valence-electron chi connectivity index (χ4n) is 2.30. The maximum atomic E-state index is 5.84. The van der Waals surface area contributed by atoms with Gasteiger partial charge in [-0.05, 0) is 29.7 Å². The molecule has 0 saturated carbocycles. The summed E-state index contributed by atoms with van der Waals surface area (Å²) >= 11 is 1.72. The highest BCUT2D eigenvalue weighted by Crippen LogP contribution is 2.34. The number of methoxy groups -OCH3 is 1. The van der Waals surface area contributed by atoms with Gasteiger partial charge in [-0.15, -0.1) is 11.3 Å². The number of anilines is 2. The number of thiophene rings is 1. The summed E-state index contributed by atoms with van der Waals surface area (Å²) in [5, 5.41) is 3.37. The number of nitrogen functional groups attached to an aromatic ring is 1. The van der Waals surface area contributed by atoms with E-state index in [2.05, 4.69) is 35.2 Å². The van der Waals surface area contributed by atoms with Gasteiger partial charge in [0.05, 0.1) is 17.3 Å². The van der Waals surface area contributed by atoms with Crippen LogP contribution in [-0.2, 0) is 6.54 Å². The van der Waals surface area contributed by atoms with E-state index in [0.29, 0.717) is 18.4 Å². The van der Waals surface area contributed by atoms with Gasteiger partial charge in [-0.3, -0.25) is 0 Å². The smallest absolute Gasteiger partial charge is 0.222 e. The van der Waals surface area contributed by atoms with E-state index >= 15 is 0 Å². The molecule has 0 aliphatic rings. The molecule has 0 saturated heterocycles. The summed E-state index contributed by atoms with van der Waals surface area (Å²) in [5.74, 6) is 2.40. The quantitative estimate of drug-likeness (QED) is 0.740. The van der Waals surface area contributed by atoms with Crippen molar-refractivity contribution in [3.8, 4) is 5.75 Å². The zero-order valence-electron chi connectivity index (χ0n) is 13.5. The Morgan fingerprint density at radius 1 is 1.22 bits per heavy atom. The minimum atomic E-state index is 0.294.